The van der Waals surface area contributed by atoms with Crippen LogP contribution in [0, 0.1) is 5.92 Å². The minimum Gasteiger partial charge on any atom is -0.379 e. The second-order valence-corrected chi connectivity index (χ2v) is 4.96. The Hall–Kier alpha value is -0.120. The summed E-state index contributed by atoms with van der Waals surface area (Å²) in [5.74, 6) is 0.769. The van der Waals surface area contributed by atoms with Gasteiger partial charge >= 0.3 is 0 Å². The maximum absolute atomic E-state index is 5.38. The van der Waals surface area contributed by atoms with Crippen LogP contribution < -0.4 is 0 Å². The average Bonchev–Trinajstić information content (AvgIpc) is 2.26. The van der Waals surface area contributed by atoms with E-state index >= 15 is 0 Å². The molecule has 0 N–H and O–H groups in total. The van der Waals surface area contributed by atoms with E-state index in [1.165, 1.54) is 13.0 Å². The zero-order valence-corrected chi connectivity index (χ0v) is 10.7. The minimum absolute atomic E-state index is 0.689. The van der Waals surface area contributed by atoms with Gasteiger partial charge in [-0.2, -0.15) is 0 Å². The fourth-order valence-corrected chi connectivity index (χ4v) is 2.05. The van der Waals surface area contributed by atoms with Gasteiger partial charge in [0.2, 0.25) is 0 Å². The molecule has 2 unspecified atom stereocenters. The SMILES string of the molecule is CC(CCN(C)C)C(C)N1CCOCC1. The van der Waals surface area contributed by atoms with E-state index in [0.29, 0.717) is 6.04 Å². The van der Waals surface area contributed by atoms with Crippen molar-refractivity contribution in [1.82, 2.24) is 9.80 Å². The average molecular weight is 214 g/mol. The summed E-state index contributed by atoms with van der Waals surface area (Å²) in [5, 5.41) is 0. The number of hydrogen-bond donors (Lipinski definition) is 0. The van der Waals surface area contributed by atoms with Gasteiger partial charge in [0.05, 0.1) is 13.2 Å². The Balaban J connectivity index is 2.27. The molecule has 1 saturated heterocycles. The van der Waals surface area contributed by atoms with E-state index in [-0.39, 0.29) is 0 Å². The Kier molecular flexibility index (Phi) is 5.58. The number of ether oxygens (including phenoxy) is 1. The number of hydrogen-bond acceptors (Lipinski definition) is 3. The van der Waals surface area contributed by atoms with Crippen molar-refractivity contribution in [3.63, 3.8) is 0 Å². The molecule has 1 fully saturated rings. The molecule has 0 spiro atoms. The van der Waals surface area contributed by atoms with Crippen molar-refractivity contribution < 1.29 is 4.74 Å². The second-order valence-electron chi connectivity index (χ2n) is 4.96. The van der Waals surface area contributed by atoms with E-state index in [0.717, 1.165) is 32.2 Å². The molecule has 0 aromatic carbocycles. The molecule has 0 aromatic heterocycles. The van der Waals surface area contributed by atoms with Crippen molar-refractivity contribution in [2.24, 2.45) is 5.92 Å². The van der Waals surface area contributed by atoms with Gasteiger partial charge in [0, 0.05) is 19.1 Å². The molecule has 0 bridgehead atoms. The molecule has 0 saturated carbocycles. The largest absolute Gasteiger partial charge is 0.379 e. The highest BCUT2D eigenvalue weighted by atomic mass is 16.5. The van der Waals surface area contributed by atoms with Gasteiger partial charge in [-0.1, -0.05) is 6.92 Å². The predicted molar refractivity (Wildman–Crippen MR) is 64.2 cm³/mol. The molecule has 1 aliphatic heterocycles. The van der Waals surface area contributed by atoms with Gasteiger partial charge in [-0.3, -0.25) is 4.90 Å². The lowest BCUT2D eigenvalue weighted by atomic mass is 9.98. The lowest BCUT2D eigenvalue weighted by molar-refractivity contribution is 0.00772. The van der Waals surface area contributed by atoms with Crippen LogP contribution in [0.4, 0.5) is 0 Å². The molecule has 15 heavy (non-hydrogen) atoms. The third-order valence-electron chi connectivity index (χ3n) is 3.48. The molecule has 1 rings (SSSR count). The molecule has 3 nitrogen and oxygen atoms in total. The number of morpholine rings is 1. The summed E-state index contributed by atoms with van der Waals surface area (Å²) in [4.78, 5) is 4.83. The fraction of sp³-hybridized carbons (Fsp3) is 1.00. The summed E-state index contributed by atoms with van der Waals surface area (Å²) in [6.07, 6.45) is 1.28. The molecule has 1 aliphatic rings. The van der Waals surface area contributed by atoms with Gasteiger partial charge in [-0.15, -0.1) is 0 Å². The Morgan fingerprint density at radius 2 is 1.80 bits per heavy atom. The van der Waals surface area contributed by atoms with Gasteiger partial charge in [-0.05, 0) is 39.9 Å². The summed E-state index contributed by atoms with van der Waals surface area (Å²) in [5.41, 5.74) is 0. The normalized spacial score (nSPS) is 23.0. The minimum atomic E-state index is 0.689. The molecule has 0 radical (unpaired) electrons. The van der Waals surface area contributed by atoms with Crippen LogP contribution in [0.2, 0.25) is 0 Å². The summed E-state index contributed by atoms with van der Waals surface area (Å²) < 4.78 is 5.38. The maximum atomic E-state index is 5.38. The molecular formula is C12H26N2O. The first-order chi connectivity index (χ1) is 7.11. The maximum Gasteiger partial charge on any atom is 0.0594 e. The molecule has 0 amide bonds. The number of nitrogens with zero attached hydrogens (tertiary/aromatic N) is 2. The van der Waals surface area contributed by atoms with Crippen molar-refractivity contribution in [2.75, 3.05) is 46.9 Å². The lowest BCUT2D eigenvalue weighted by Crippen LogP contribution is -2.45. The van der Waals surface area contributed by atoms with Crippen LogP contribution in [0.3, 0.4) is 0 Å². The molecule has 1 heterocycles. The van der Waals surface area contributed by atoms with Crippen LogP contribution in [-0.4, -0.2) is 62.8 Å². The summed E-state index contributed by atoms with van der Waals surface area (Å²) in [6, 6.07) is 0.689. The second kappa shape index (κ2) is 6.46. The predicted octanol–water partition coefficient (Wildman–Crippen LogP) is 1.29. The van der Waals surface area contributed by atoms with Crippen LogP contribution in [0.15, 0.2) is 0 Å². The molecule has 3 heteroatoms. The molecular weight excluding hydrogens is 188 g/mol. The highest BCUT2D eigenvalue weighted by Gasteiger charge is 2.21. The van der Waals surface area contributed by atoms with Crippen molar-refractivity contribution in [3.8, 4) is 0 Å². The van der Waals surface area contributed by atoms with Gasteiger partial charge in [0.15, 0.2) is 0 Å². The van der Waals surface area contributed by atoms with E-state index in [1.807, 2.05) is 0 Å². The summed E-state index contributed by atoms with van der Waals surface area (Å²) in [7, 11) is 4.29. The third-order valence-corrected chi connectivity index (χ3v) is 3.48. The zero-order chi connectivity index (χ0) is 11.3. The van der Waals surface area contributed by atoms with E-state index in [9.17, 15) is 0 Å². The zero-order valence-electron chi connectivity index (χ0n) is 10.7. The molecule has 2 atom stereocenters. The first-order valence-corrected chi connectivity index (χ1v) is 6.07. The van der Waals surface area contributed by atoms with Gasteiger partial charge < -0.3 is 9.64 Å². The monoisotopic (exact) mass is 214 g/mol. The third kappa shape index (κ3) is 4.49. The van der Waals surface area contributed by atoms with Crippen molar-refractivity contribution in [2.45, 2.75) is 26.3 Å². The Bertz CT molecular complexity index is 167. The smallest absolute Gasteiger partial charge is 0.0594 e. The van der Waals surface area contributed by atoms with Crippen LogP contribution in [0.5, 0.6) is 0 Å². The van der Waals surface area contributed by atoms with Gasteiger partial charge in [0.25, 0.3) is 0 Å². The lowest BCUT2D eigenvalue weighted by Gasteiger charge is -2.36. The fourth-order valence-electron chi connectivity index (χ4n) is 2.05. The number of rotatable bonds is 5. The molecule has 0 aromatic rings. The van der Waals surface area contributed by atoms with E-state index in [1.54, 1.807) is 0 Å². The van der Waals surface area contributed by atoms with Crippen LogP contribution in [0.25, 0.3) is 0 Å². The quantitative estimate of drug-likeness (QED) is 0.686. The first kappa shape index (κ1) is 12.9. The van der Waals surface area contributed by atoms with Gasteiger partial charge in [0.1, 0.15) is 0 Å². The van der Waals surface area contributed by atoms with Crippen molar-refractivity contribution >= 4 is 0 Å². The first-order valence-electron chi connectivity index (χ1n) is 6.07. The van der Waals surface area contributed by atoms with E-state index in [2.05, 4.69) is 37.7 Å². The highest BCUT2D eigenvalue weighted by Crippen LogP contribution is 2.15. The summed E-state index contributed by atoms with van der Waals surface area (Å²) in [6.45, 7) is 9.93. The molecule has 90 valence electrons. The van der Waals surface area contributed by atoms with Crippen LogP contribution in [-0.2, 0) is 4.74 Å². The van der Waals surface area contributed by atoms with E-state index in [4.69, 9.17) is 4.74 Å². The Labute approximate surface area is 94.4 Å². The van der Waals surface area contributed by atoms with Crippen molar-refractivity contribution in [1.29, 1.82) is 0 Å². The topological polar surface area (TPSA) is 15.7 Å². The van der Waals surface area contributed by atoms with Crippen molar-refractivity contribution in [3.05, 3.63) is 0 Å². The Morgan fingerprint density at radius 1 is 1.20 bits per heavy atom. The van der Waals surface area contributed by atoms with Gasteiger partial charge in [-0.25, -0.2) is 0 Å². The Morgan fingerprint density at radius 3 is 2.33 bits per heavy atom. The van der Waals surface area contributed by atoms with Crippen LogP contribution in [0.1, 0.15) is 20.3 Å². The standard InChI is InChI=1S/C12H26N2O/c1-11(5-6-13(3)4)12(2)14-7-9-15-10-8-14/h11-12H,5-10H2,1-4H3. The van der Waals surface area contributed by atoms with E-state index < -0.39 is 0 Å². The highest BCUT2D eigenvalue weighted by molar-refractivity contribution is 4.75. The summed E-state index contributed by atoms with van der Waals surface area (Å²) >= 11 is 0. The van der Waals surface area contributed by atoms with Crippen LogP contribution >= 0.6 is 0 Å². The molecule has 0 aliphatic carbocycles.